The topological polar surface area (TPSA) is 38.3 Å². The van der Waals surface area contributed by atoms with Crippen LogP contribution in [0.25, 0.3) is 0 Å². The molecule has 1 heterocycles. The van der Waals surface area contributed by atoms with E-state index in [-0.39, 0.29) is 17.9 Å². The highest BCUT2D eigenvalue weighted by molar-refractivity contribution is 7.12. The number of methoxy groups -OCH3 is 1. The Morgan fingerprint density at radius 3 is 2.88 bits per heavy atom. The zero-order chi connectivity index (χ0) is 12.1. The van der Waals surface area contributed by atoms with E-state index in [2.05, 4.69) is 5.32 Å². The van der Waals surface area contributed by atoms with E-state index in [0.29, 0.717) is 16.5 Å². The fourth-order valence-corrected chi connectivity index (χ4v) is 2.20. The van der Waals surface area contributed by atoms with Gasteiger partial charge in [0.25, 0.3) is 5.91 Å². The van der Waals surface area contributed by atoms with E-state index in [4.69, 9.17) is 16.3 Å². The molecule has 1 aromatic heterocycles. The zero-order valence-electron chi connectivity index (χ0n) is 9.62. The Hall–Kier alpha value is -0.740. The van der Waals surface area contributed by atoms with Crippen molar-refractivity contribution >= 4 is 28.8 Å². The number of ether oxygens (including phenoxy) is 1. The molecule has 2 atom stereocenters. The van der Waals surface area contributed by atoms with Crippen LogP contribution in [0.3, 0.4) is 0 Å². The Balaban J connectivity index is 2.65. The van der Waals surface area contributed by atoms with E-state index in [0.717, 1.165) is 0 Å². The summed E-state index contributed by atoms with van der Waals surface area (Å²) in [5.41, 5.74) is 0. The van der Waals surface area contributed by atoms with Crippen molar-refractivity contribution in [2.45, 2.75) is 19.9 Å². The molecule has 0 aromatic carbocycles. The average molecular weight is 262 g/mol. The van der Waals surface area contributed by atoms with Crippen LogP contribution in [0.4, 0.5) is 0 Å². The molecule has 0 bridgehead atoms. The predicted molar refractivity (Wildman–Crippen MR) is 67.7 cm³/mol. The molecule has 0 radical (unpaired) electrons. The summed E-state index contributed by atoms with van der Waals surface area (Å²) < 4.78 is 5.10. The quantitative estimate of drug-likeness (QED) is 0.828. The van der Waals surface area contributed by atoms with Gasteiger partial charge in [-0.25, -0.2) is 0 Å². The Kier molecular flexibility index (Phi) is 5.09. The van der Waals surface area contributed by atoms with Crippen molar-refractivity contribution in [1.29, 1.82) is 0 Å². The maximum Gasteiger partial charge on any atom is 0.265 e. The Morgan fingerprint density at radius 2 is 2.31 bits per heavy atom. The maximum absolute atomic E-state index is 11.9. The summed E-state index contributed by atoms with van der Waals surface area (Å²) in [7, 11) is 1.56. The molecule has 0 fully saturated rings. The van der Waals surface area contributed by atoms with Gasteiger partial charge < -0.3 is 10.1 Å². The van der Waals surface area contributed by atoms with E-state index < -0.39 is 0 Å². The normalized spacial score (nSPS) is 14.2. The molecule has 1 rings (SSSR count). The van der Waals surface area contributed by atoms with Crippen molar-refractivity contribution in [3.8, 4) is 5.75 Å². The lowest BCUT2D eigenvalue weighted by Crippen LogP contribution is -2.37. The van der Waals surface area contributed by atoms with Crippen LogP contribution in [0, 0.1) is 5.92 Å². The highest BCUT2D eigenvalue weighted by atomic mass is 35.5. The SMILES string of the molecule is COc1ccsc1C(=O)NC(C)C(C)CCl. The van der Waals surface area contributed by atoms with Gasteiger partial charge in [0.15, 0.2) is 0 Å². The number of rotatable bonds is 5. The van der Waals surface area contributed by atoms with Gasteiger partial charge >= 0.3 is 0 Å². The molecule has 1 N–H and O–H groups in total. The highest BCUT2D eigenvalue weighted by Gasteiger charge is 2.18. The van der Waals surface area contributed by atoms with Crippen LogP contribution in [-0.4, -0.2) is 24.9 Å². The summed E-state index contributed by atoms with van der Waals surface area (Å²) in [5, 5.41) is 4.75. The van der Waals surface area contributed by atoms with Crippen LogP contribution in [0.15, 0.2) is 11.4 Å². The molecular formula is C11H16ClNO2S. The summed E-state index contributed by atoms with van der Waals surface area (Å²) in [5.74, 6) is 1.30. The van der Waals surface area contributed by atoms with Gasteiger partial charge in [-0.3, -0.25) is 4.79 Å². The summed E-state index contributed by atoms with van der Waals surface area (Å²) in [6, 6.07) is 1.84. The molecule has 0 spiro atoms. The maximum atomic E-state index is 11.9. The van der Waals surface area contributed by atoms with E-state index in [1.807, 2.05) is 19.2 Å². The Bertz CT molecular complexity index is 354. The molecule has 0 aliphatic heterocycles. The molecule has 1 amide bonds. The predicted octanol–water partition coefficient (Wildman–Crippen LogP) is 2.75. The first-order valence-corrected chi connectivity index (χ1v) is 6.49. The number of nitrogens with one attached hydrogen (secondary N) is 1. The van der Waals surface area contributed by atoms with E-state index in [1.54, 1.807) is 13.2 Å². The Labute approximate surface area is 105 Å². The standard InChI is InChI=1S/C11H16ClNO2S/c1-7(6-12)8(2)13-11(14)10-9(15-3)4-5-16-10/h4-5,7-8H,6H2,1-3H3,(H,13,14). The number of alkyl halides is 1. The lowest BCUT2D eigenvalue weighted by atomic mass is 10.1. The summed E-state index contributed by atoms with van der Waals surface area (Å²) in [4.78, 5) is 12.5. The van der Waals surface area contributed by atoms with Crippen LogP contribution in [0.2, 0.25) is 0 Å². The van der Waals surface area contributed by atoms with Gasteiger partial charge in [-0.2, -0.15) is 0 Å². The van der Waals surface area contributed by atoms with E-state index in [1.165, 1.54) is 11.3 Å². The minimum Gasteiger partial charge on any atom is -0.495 e. The van der Waals surface area contributed by atoms with Crippen LogP contribution >= 0.6 is 22.9 Å². The molecule has 0 saturated heterocycles. The summed E-state index contributed by atoms with van der Waals surface area (Å²) in [6.45, 7) is 3.95. The average Bonchev–Trinajstić information content (AvgIpc) is 2.75. The minimum absolute atomic E-state index is 0.0526. The summed E-state index contributed by atoms with van der Waals surface area (Å²) in [6.07, 6.45) is 0. The lowest BCUT2D eigenvalue weighted by molar-refractivity contribution is 0.0932. The number of hydrogen-bond acceptors (Lipinski definition) is 3. The van der Waals surface area contributed by atoms with Crippen molar-refractivity contribution in [2.24, 2.45) is 5.92 Å². The largest absolute Gasteiger partial charge is 0.495 e. The van der Waals surface area contributed by atoms with Gasteiger partial charge in [0, 0.05) is 11.9 Å². The number of thiophene rings is 1. The smallest absolute Gasteiger partial charge is 0.265 e. The van der Waals surface area contributed by atoms with Crippen molar-refractivity contribution in [2.75, 3.05) is 13.0 Å². The number of amides is 1. The van der Waals surface area contributed by atoms with Crippen molar-refractivity contribution in [3.63, 3.8) is 0 Å². The fourth-order valence-electron chi connectivity index (χ4n) is 1.17. The number of carbonyl (C=O) groups excluding carboxylic acids is 1. The molecule has 5 heteroatoms. The summed E-state index contributed by atoms with van der Waals surface area (Å²) >= 11 is 7.11. The fraction of sp³-hybridized carbons (Fsp3) is 0.545. The monoisotopic (exact) mass is 261 g/mol. The Morgan fingerprint density at radius 1 is 1.62 bits per heavy atom. The van der Waals surface area contributed by atoms with Gasteiger partial charge in [-0.15, -0.1) is 22.9 Å². The second kappa shape index (κ2) is 6.11. The van der Waals surface area contributed by atoms with Crippen LogP contribution < -0.4 is 10.1 Å². The van der Waals surface area contributed by atoms with Crippen molar-refractivity contribution in [1.82, 2.24) is 5.32 Å². The molecule has 0 aliphatic rings. The van der Waals surface area contributed by atoms with E-state index >= 15 is 0 Å². The van der Waals surface area contributed by atoms with Gasteiger partial charge in [-0.1, -0.05) is 6.92 Å². The van der Waals surface area contributed by atoms with Gasteiger partial charge in [0.05, 0.1) is 7.11 Å². The molecule has 0 saturated carbocycles. The van der Waals surface area contributed by atoms with Gasteiger partial charge in [0.1, 0.15) is 10.6 Å². The first-order chi connectivity index (χ1) is 7.60. The van der Waals surface area contributed by atoms with Crippen molar-refractivity contribution in [3.05, 3.63) is 16.3 Å². The first kappa shape index (κ1) is 13.3. The molecule has 16 heavy (non-hydrogen) atoms. The lowest BCUT2D eigenvalue weighted by Gasteiger charge is -2.18. The molecule has 90 valence electrons. The second-order valence-electron chi connectivity index (χ2n) is 3.71. The van der Waals surface area contributed by atoms with Crippen LogP contribution in [0.5, 0.6) is 5.75 Å². The van der Waals surface area contributed by atoms with Gasteiger partial charge in [0.2, 0.25) is 0 Å². The first-order valence-electron chi connectivity index (χ1n) is 5.08. The number of halogens is 1. The molecule has 3 nitrogen and oxygen atoms in total. The molecular weight excluding hydrogens is 246 g/mol. The van der Waals surface area contributed by atoms with E-state index in [9.17, 15) is 4.79 Å². The third-order valence-corrected chi connectivity index (χ3v) is 3.89. The van der Waals surface area contributed by atoms with Crippen LogP contribution in [-0.2, 0) is 0 Å². The van der Waals surface area contributed by atoms with Crippen molar-refractivity contribution < 1.29 is 9.53 Å². The third-order valence-electron chi connectivity index (χ3n) is 2.51. The minimum atomic E-state index is -0.101. The third kappa shape index (κ3) is 3.12. The second-order valence-corrected chi connectivity index (χ2v) is 4.94. The zero-order valence-corrected chi connectivity index (χ0v) is 11.2. The number of carbonyl (C=O) groups is 1. The van der Waals surface area contributed by atoms with Gasteiger partial charge in [-0.05, 0) is 24.3 Å². The highest BCUT2D eigenvalue weighted by Crippen LogP contribution is 2.24. The molecule has 0 aliphatic carbocycles. The number of hydrogen-bond donors (Lipinski definition) is 1. The molecule has 2 unspecified atom stereocenters. The van der Waals surface area contributed by atoms with Crippen LogP contribution in [0.1, 0.15) is 23.5 Å². The molecule has 1 aromatic rings.